The van der Waals surface area contributed by atoms with Gasteiger partial charge in [-0.2, -0.15) is 0 Å². The van der Waals surface area contributed by atoms with Crippen molar-refractivity contribution in [1.29, 1.82) is 0 Å². The van der Waals surface area contributed by atoms with Crippen molar-refractivity contribution in [3.8, 4) is 0 Å². The highest BCUT2D eigenvalue weighted by Crippen LogP contribution is 2.44. The fraction of sp³-hybridized carbons (Fsp3) is 0.875. The van der Waals surface area contributed by atoms with Crippen LogP contribution < -0.4 is 5.32 Å². The van der Waals surface area contributed by atoms with E-state index in [2.05, 4.69) is 24.4 Å². The second-order valence-electron chi connectivity index (χ2n) is 6.46. The van der Waals surface area contributed by atoms with Gasteiger partial charge in [0.15, 0.2) is 0 Å². The summed E-state index contributed by atoms with van der Waals surface area (Å²) in [5, 5.41) is 3.67. The molecule has 2 heteroatoms. The zero-order valence-corrected chi connectivity index (χ0v) is 11.6. The van der Waals surface area contributed by atoms with Crippen molar-refractivity contribution in [3.63, 3.8) is 0 Å². The molecule has 2 nitrogen and oxygen atoms in total. The molecule has 4 atom stereocenters. The van der Waals surface area contributed by atoms with Crippen molar-refractivity contribution in [2.45, 2.75) is 57.6 Å². The van der Waals surface area contributed by atoms with E-state index in [9.17, 15) is 0 Å². The van der Waals surface area contributed by atoms with E-state index < -0.39 is 0 Å². The summed E-state index contributed by atoms with van der Waals surface area (Å²) < 4.78 is 5.90. The Labute approximate surface area is 111 Å². The lowest BCUT2D eigenvalue weighted by molar-refractivity contribution is 0.0581. The third-order valence-corrected chi connectivity index (χ3v) is 5.20. The number of fused-ring (bicyclic) bond motifs is 2. The molecule has 0 aromatic rings. The van der Waals surface area contributed by atoms with Crippen molar-refractivity contribution in [2.75, 3.05) is 13.2 Å². The molecule has 4 unspecified atom stereocenters. The summed E-state index contributed by atoms with van der Waals surface area (Å²) in [4.78, 5) is 0. The minimum atomic E-state index is 0.563. The van der Waals surface area contributed by atoms with Gasteiger partial charge >= 0.3 is 0 Å². The summed E-state index contributed by atoms with van der Waals surface area (Å²) in [7, 11) is 0. The predicted octanol–water partition coefficient (Wildman–Crippen LogP) is 3.14. The van der Waals surface area contributed by atoms with Crippen molar-refractivity contribution in [2.24, 2.45) is 17.8 Å². The van der Waals surface area contributed by atoms with E-state index in [4.69, 9.17) is 4.74 Å². The van der Waals surface area contributed by atoms with Crippen LogP contribution in [0.3, 0.4) is 0 Å². The van der Waals surface area contributed by atoms with Crippen LogP contribution in [0.25, 0.3) is 0 Å². The van der Waals surface area contributed by atoms with Gasteiger partial charge in [0.2, 0.25) is 0 Å². The second-order valence-corrected chi connectivity index (χ2v) is 6.46. The van der Waals surface area contributed by atoms with Crippen LogP contribution in [0.4, 0.5) is 0 Å². The maximum Gasteiger partial charge on any atom is 0.0594 e. The minimum absolute atomic E-state index is 0.563. The van der Waals surface area contributed by atoms with E-state index in [1.54, 1.807) is 0 Å². The SMILES string of the molecule is CC(NCCOC1CCCC1)C1CC2C=CC1C2. The number of hydrogen-bond acceptors (Lipinski definition) is 2. The van der Waals surface area contributed by atoms with Crippen LogP contribution >= 0.6 is 0 Å². The minimum Gasteiger partial charge on any atom is -0.377 e. The molecule has 18 heavy (non-hydrogen) atoms. The van der Waals surface area contributed by atoms with Gasteiger partial charge in [-0.25, -0.2) is 0 Å². The number of hydrogen-bond donors (Lipinski definition) is 1. The summed E-state index contributed by atoms with van der Waals surface area (Å²) >= 11 is 0. The Morgan fingerprint density at radius 3 is 2.72 bits per heavy atom. The average molecular weight is 249 g/mol. The zero-order valence-electron chi connectivity index (χ0n) is 11.6. The summed E-state index contributed by atoms with van der Waals surface area (Å²) in [6, 6.07) is 0.650. The summed E-state index contributed by atoms with van der Waals surface area (Å²) in [5.41, 5.74) is 0. The molecule has 2 bridgehead atoms. The monoisotopic (exact) mass is 249 g/mol. The van der Waals surface area contributed by atoms with Crippen LogP contribution in [0.2, 0.25) is 0 Å². The first kappa shape index (κ1) is 12.7. The van der Waals surface area contributed by atoms with Gasteiger partial charge in [0.1, 0.15) is 0 Å². The van der Waals surface area contributed by atoms with Crippen molar-refractivity contribution in [3.05, 3.63) is 12.2 Å². The van der Waals surface area contributed by atoms with E-state index in [0.717, 1.165) is 30.9 Å². The Hall–Kier alpha value is -0.340. The van der Waals surface area contributed by atoms with Crippen molar-refractivity contribution >= 4 is 0 Å². The number of ether oxygens (including phenoxy) is 1. The topological polar surface area (TPSA) is 21.3 Å². The van der Waals surface area contributed by atoms with Crippen molar-refractivity contribution < 1.29 is 4.74 Å². The maximum absolute atomic E-state index is 5.90. The van der Waals surface area contributed by atoms with Gasteiger partial charge in [-0.3, -0.25) is 0 Å². The Bertz CT molecular complexity index is 295. The maximum atomic E-state index is 5.90. The highest BCUT2D eigenvalue weighted by Gasteiger charge is 2.38. The van der Waals surface area contributed by atoms with E-state index in [1.165, 1.54) is 38.5 Å². The van der Waals surface area contributed by atoms with Gasteiger partial charge in [-0.1, -0.05) is 25.0 Å². The van der Waals surface area contributed by atoms with Crippen LogP contribution in [-0.2, 0) is 4.74 Å². The van der Waals surface area contributed by atoms with Crippen LogP contribution in [0, 0.1) is 17.8 Å². The fourth-order valence-corrected chi connectivity index (χ4v) is 4.12. The van der Waals surface area contributed by atoms with Crippen LogP contribution in [0.1, 0.15) is 45.4 Å². The normalized spacial score (nSPS) is 36.6. The summed E-state index contributed by atoms with van der Waals surface area (Å²) in [6.45, 7) is 4.27. The molecule has 0 radical (unpaired) electrons. The molecule has 0 saturated heterocycles. The van der Waals surface area contributed by atoms with E-state index in [-0.39, 0.29) is 0 Å². The van der Waals surface area contributed by atoms with Gasteiger partial charge in [-0.15, -0.1) is 0 Å². The predicted molar refractivity (Wildman–Crippen MR) is 74.5 cm³/mol. The van der Waals surface area contributed by atoms with Crippen LogP contribution in [-0.4, -0.2) is 25.3 Å². The Kier molecular flexibility index (Phi) is 4.05. The molecule has 0 amide bonds. The molecule has 3 aliphatic carbocycles. The lowest BCUT2D eigenvalue weighted by Gasteiger charge is -2.26. The first-order valence-electron chi connectivity index (χ1n) is 7.86. The van der Waals surface area contributed by atoms with Gasteiger partial charge in [-0.05, 0) is 50.4 Å². The lowest BCUT2D eigenvalue weighted by Crippen LogP contribution is -2.37. The highest BCUT2D eigenvalue weighted by atomic mass is 16.5. The largest absolute Gasteiger partial charge is 0.377 e. The van der Waals surface area contributed by atoms with Gasteiger partial charge < -0.3 is 10.1 Å². The molecule has 0 spiro atoms. The molecule has 0 aromatic heterocycles. The molecule has 2 fully saturated rings. The lowest BCUT2D eigenvalue weighted by atomic mass is 9.87. The number of allylic oxidation sites excluding steroid dienone is 2. The molecule has 0 aliphatic heterocycles. The van der Waals surface area contributed by atoms with Crippen molar-refractivity contribution in [1.82, 2.24) is 5.32 Å². The molecule has 0 aromatic carbocycles. The molecule has 1 N–H and O–H groups in total. The van der Waals surface area contributed by atoms with Crippen LogP contribution in [0.5, 0.6) is 0 Å². The molecule has 102 valence electrons. The molecular formula is C16H27NO. The highest BCUT2D eigenvalue weighted by molar-refractivity contribution is 5.11. The number of nitrogens with one attached hydrogen (secondary N) is 1. The molecule has 3 aliphatic rings. The van der Waals surface area contributed by atoms with E-state index in [1.807, 2.05) is 0 Å². The first-order valence-corrected chi connectivity index (χ1v) is 7.86. The summed E-state index contributed by atoms with van der Waals surface area (Å²) in [5.74, 6) is 2.61. The molecule has 2 saturated carbocycles. The molecular weight excluding hydrogens is 222 g/mol. The smallest absolute Gasteiger partial charge is 0.0594 e. The second kappa shape index (κ2) is 5.75. The Morgan fingerprint density at radius 1 is 1.22 bits per heavy atom. The molecule has 0 heterocycles. The third-order valence-electron chi connectivity index (χ3n) is 5.20. The van der Waals surface area contributed by atoms with Gasteiger partial charge in [0.05, 0.1) is 12.7 Å². The first-order chi connectivity index (χ1) is 8.83. The summed E-state index contributed by atoms with van der Waals surface area (Å²) in [6.07, 6.45) is 13.6. The standard InChI is InChI=1S/C16H27NO/c1-12(16-11-13-6-7-14(16)10-13)17-8-9-18-15-4-2-3-5-15/h6-7,12-17H,2-5,8-11H2,1H3. The van der Waals surface area contributed by atoms with E-state index >= 15 is 0 Å². The number of rotatable bonds is 6. The Morgan fingerprint density at radius 2 is 2.06 bits per heavy atom. The van der Waals surface area contributed by atoms with E-state index in [0.29, 0.717) is 12.1 Å². The van der Waals surface area contributed by atoms with Gasteiger partial charge in [0.25, 0.3) is 0 Å². The molecule has 3 rings (SSSR count). The fourth-order valence-electron chi connectivity index (χ4n) is 4.12. The average Bonchev–Trinajstić information content (AvgIpc) is 3.10. The van der Waals surface area contributed by atoms with Gasteiger partial charge in [0, 0.05) is 12.6 Å². The zero-order chi connectivity index (χ0) is 12.4. The Balaban J connectivity index is 1.32. The third kappa shape index (κ3) is 2.80. The van der Waals surface area contributed by atoms with Crippen LogP contribution in [0.15, 0.2) is 12.2 Å². The quantitative estimate of drug-likeness (QED) is 0.577.